The molecule has 1 aromatic heterocycles. The Morgan fingerprint density at radius 1 is 1.31 bits per heavy atom. The van der Waals surface area contributed by atoms with Crippen LogP contribution in [0, 0.1) is 0 Å². The summed E-state index contributed by atoms with van der Waals surface area (Å²) in [5.74, 6) is 0.223. The van der Waals surface area contributed by atoms with Crippen LogP contribution < -0.4 is 20.9 Å². The molecule has 0 radical (unpaired) electrons. The van der Waals surface area contributed by atoms with Crippen molar-refractivity contribution in [1.29, 1.82) is 0 Å². The van der Waals surface area contributed by atoms with Gasteiger partial charge in [-0.15, -0.1) is 0 Å². The first-order valence-electron chi connectivity index (χ1n) is 8.51. The molecule has 1 saturated carbocycles. The van der Waals surface area contributed by atoms with Crippen LogP contribution >= 0.6 is 15.9 Å². The largest absolute Gasteiger partial charge is 0.489 e. The standard InChI is InChI=1S/C17H24BrN3O5/c1-10(25-17(24)19-2)16(23)20-11-4-6-12(7-5-11)26-14-8-15(22)21(3)9-13(14)18/h8-12H,4-7H2,1-3H3,(H,19,24)(H,20,23)/t10?,11-,12-. The van der Waals surface area contributed by atoms with E-state index >= 15 is 0 Å². The molecule has 1 aromatic rings. The Labute approximate surface area is 160 Å². The Hall–Kier alpha value is -2.03. The van der Waals surface area contributed by atoms with Gasteiger partial charge in [0, 0.05) is 32.4 Å². The summed E-state index contributed by atoms with van der Waals surface area (Å²) in [5, 5.41) is 5.21. The monoisotopic (exact) mass is 429 g/mol. The van der Waals surface area contributed by atoms with Gasteiger partial charge in [-0.05, 0) is 48.5 Å². The SMILES string of the molecule is CNC(=O)OC(C)C(=O)N[C@H]1CC[C@H](Oc2cc(=O)n(C)cc2Br)CC1. The summed E-state index contributed by atoms with van der Waals surface area (Å²) in [5.41, 5.74) is -0.130. The van der Waals surface area contributed by atoms with E-state index in [1.807, 2.05) is 0 Å². The quantitative estimate of drug-likeness (QED) is 0.741. The van der Waals surface area contributed by atoms with Crippen molar-refractivity contribution < 1.29 is 19.1 Å². The number of carbonyl (C=O) groups is 2. The zero-order valence-electron chi connectivity index (χ0n) is 15.1. The molecule has 1 aliphatic rings. The normalized spacial score (nSPS) is 20.8. The van der Waals surface area contributed by atoms with Crippen LogP contribution in [0.5, 0.6) is 5.75 Å². The molecular weight excluding hydrogens is 406 g/mol. The van der Waals surface area contributed by atoms with Gasteiger partial charge in [-0.3, -0.25) is 9.59 Å². The van der Waals surface area contributed by atoms with Gasteiger partial charge in [0.2, 0.25) is 0 Å². The van der Waals surface area contributed by atoms with Crippen molar-refractivity contribution in [2.45, 2.75) is 50.9 Å². The van der Waals surface area contributed by atoms with Gasteiger partial charge in [0.05, 0.1) is 10.6 Å². The highest BCUT2D eigenvalue weighted by atomic mass is 79.9. The second-order valence-corrected chi connectivity index (χ2v) is 7.19. The molecule has 2 amide bonds. The Morgan fingerprint density at radius 3 is 2.58 bits per heavy atom. The molecule has 144 valence electrons. The number of nitrogens with one attached hydrogen (secondary N) is 2. The fourth-order valence-corrected chi connectivity index (χ4v) is 3.28. The number of hydrogen-bond acceptors (Lipinski definition) is 5. The second-order valence-electron chi connectivity index (χ2n) is 6.33. The lowest BCUT2D eigenvalue weighted by molar-refractivity contribution is -0.129. The van der Waals surface area contributed by atoms with Gasteiger partial charge in [-0.1, -0.05) is 0 Å². The number of alkyl carbamates (subject to hydrolysis) is 1. The lowest BCUT2D eigenvalue weighted by Gasteiger charge is -2.30. The van der Waals surface area contributed by atoms with Crippen LogP contribution in [-0.2, 0) is 16.6 Å². The number of aromatic nitrogens is 1. The summed E-state index contributed by atoms with van der Waals surface area (Å²) in [6.45, 7) is 1.53. The van der Waals surface area contributed by atoms with E-state index < -0.39 is 12.2 Å². The number of ether oxygens (including phenoxy) is 2. The van der Waals surface area contributed by atoms with Crippen LogP contribution in [0.25, 0.3) is 0 Å². The smallest absolute Gasteiger partial charge is 0.407 e. The van der Waals surface area contributed by atoms with Crippen LogP contribution in [0.3, 0.4) is 0 Å². The van der Waals surface area contributed by atoms with E-state index in [4.69, 9.17) is 9.47 Å². The van der Waals surface area contributed by atoms with Gasteiger partial charge in [0.15, 0.2) is 6.10 Å². The average molecular weight is 430 g/mol. The zero-order chi connectivity index (χ0) is 19.3. The molecule has 1 atom stereocenters. The predicted octanol–water partition coefficient (Wildman–Crippen LogP) is 1.70. The highest BCUT2D eigenvalue weighted by molar-refractivity contribution is 9.10. The molecule has 26 heavy (non-hydrogen) atoms. The van der Waals surface area contributed by atoms with E-state index in [9.17, 15) is 14.4 Å². The number of amides is 2. The van der Waals surface area contributed by atoms with Gasteiger partial charge in [-0.2, -0.15) is 0 Å². The van der Waals surface area contributed by atoms with Gasteiger partial charge in [-0.25, -0.2) is 4.79 Å². The molecule has 1 aliphatic carbocycles. The van der Waals surface area contributed by atoms with E-state index in [-0.39, 0.29) is 23.6 Å². The van der Waals surface area contributed by atoms with Gasteiger partial charge in [0.25, 0.3) is 11.5 Å². The molecule has 0 saturated heterocycles. The van der Waals surface area contributed by atoms with Gasteiger partial charge in [0.1, 0.15) is 5.75 Å². The minimum Gasteiger partial charge on any atom is -0.489 e. The Morgan fingerprint density at radius 2 is 1.96 bits per heavy atom. The maximum Gasteiger partial charge on any atom is 0.407 e. The van der Waals surface area contributed by atoms with E-state index in [0.29, 0.717) is 5.75 Å². The lowest BCUT2D eigenvalue weighted by atomic mass is 9.92. The van der Waals surface area contributed by atoms with Crippen molar-refractivity contribution >= 4 is 27.9 Å². The molecule has 0 aliphatic heterocycles. The van der Waals surface area contributed by atoms with Gasteiger partial charge < -0.3 is 24.7 Å². The first-order chi connectivity index (χ1) is 12.3. The minimum atomic E-state index is -0.847. The number of hydrogen-bond donors (Lipinski definition) is 2. The highest BCUT2D eigenvalue weighted by Crippen LogP contribution is 2.28. The fourth-order valence-electron chi connectivity index (χ4n) is 2.77. The zero-order valence-corrected chi connectivity index (χ0v) is 16.7. The number of nitrogens with zero attached hydrogens (tertiary/aromatic N) is 1. The van der Waals surface area contributed by atoms with E-state index in [1.165, 1.54) is 24.6 Å². The Kier molecular flexibility index (Phi) is 7.07. The van der Waals surface area contributed by atoms with Crippen molar-refractivity contribution in [1.82, 2.24) is 15.2 Å². The summed E-state index contributed by atoms with van der Waals surface area (Å²) < 4.78 is 13.1. The summed E-state index contributed by atoms with van der Waals surface area (Å²) in [6.07, 6.45) is 3.22. The molecular formula is C17H24BrN3O5. The van der Waals surface area contributed by atoms with Crippen LogP contribution in [0.1, 0.15) is 32.6 Å². The molecule has 0 aromatic carbocycles. The second kappa shape index (κ2) is 9.07. The summed E-state index contributed by atoms with van der Waals surface area (Å²) in [6, 6.07) is 1.49. The molecule has 0 spiro atoms. The number of halogens is 1. The molecule has 1 unspecified atom stereocenters. The Bertz CT molecular complexity index is 713. The van der Waals surface area contributed by atoms with Crippen LogP contribution in [-0.4, -0.2) is 41.9 Å². The molecule has 2 rings (SSSR count). The maximum absolute atomic E-state index is 12.1. The first kappa shape index (κ1) is 20.3. The lowest BCUT2D eigenvalue weighted by Crippen LogP contribution is -2.45. The number of aryl methyl sites for hydroxylation is 1. The topological polar surface area (TPSA) is 98.7 Å². The molecule has 8 nitrogen and oxygen atoms in total. The number of rotatable bonds is 5. The van der Waals surface area contributed by atoms with E-state index in [2.05, 4.69) is 26.6 Å². The predicted molar refractivity (Wildman–Crippen MR) is 99.2 cm³/mol. The summed E-state index contributed by atoms with van der Waals surface area (Å²) in [7, 11) is 3.12. The van der Waals surface area contributed by atoms with Crippen LogP contribution in [0.2, 0.25) is 0 Å². The third-order valence-corrected chi connectivity index (χ3v) is 4.91. The van der Waals surface area contributed by atoms with E-state index in [1.54, 1.807) is 13.2 Å². The van der Waals surface area contributed by atoms with Gasteiger partial charge >= 0.3 is 6.09 Å². The van der Waals surface area contributed by atoms with Crippen LogP contribution in [0.15, 0.2) is 21.5 Å². The molecule has 1 fully saturated rings. The third-order valence-electron chi connectivity index (χ3n) is 4.32. The molecule has 9 heteroatoms. The first-order valence-corrected chi connectivity index (χ1v) is 9.31. The van der Waals surface area contributed by atoms with Crippen LogP contribution in [0.4, 0.5) is 4.79 Å². The number of pyridine rings is 1. The Balaban J connectivity index is 1.82. The third kappa shape index (κ3) is 5.48. The highest BCUT2D eigenvalue weighted by Gasteiger charge is 2.26. The van der Waals surface area contributed by atoms with Crippen molar-refractivity contribution in [3.05, 3.63) is 27.1 Å². The molecule has 0 bridgehead atoms. The van der Waals surface area contributed by atoms with Crippen molar-refractivity contribution in [3.8, 4) is 5.75 Å². The number of carbonyl (C=O) groups excluding carboxylic acids is 2. The molecule has 1 heterocycles. The van der Waals surface area contributed by atoms with Crippen molar-refractivity contribution in [2.75, 3.05) is 7.05 Å². The summed E-state index contributed by atoms with van der Waals surface area (Å²) >= 11 is 3.41. The average Bonchev–Trinajstić information content (AvgIpc) is 2.61. The fraction of sp³-hybridized carbons (Fsp3) is 0.588. The van der Waals surface area contributed by atoms with E-state index in [0.717, 1.165) is 30.2 Å². The maximum atomic E-state index is 12.1. The minimum absolute atomic E-state index is 0.00824. The molecule has 2 N–H and O–H groups in total. The summed E-state index contributed by atoms with van der Waals surface area (Å²) in [4.78, 5) is 35.0. The van der Waals surface area contributed by atoms with Crippen molar-refractivity contribution in [3.63, 3.8) is 0 Å². The van der Waals surface area contributed by atoms with Crippen molar-refractivity contribution in [2.24, 2.45) is 7.05 Å².